The highest BCUT2D eigenvalue weighted by Gasteiger charge is 1.95. The number of hydrogen-bond acceptors (Lipinski definition) is 2. The molecular weight excluding hydrogens is 128 g/mol. The lowest BCUT2D eigenvalue weighted by molar-refractivity contribution is 0.0617. The molecule has 3 heteroatoms. The Bertz CT molecular complexity index is 170. The Kier molecular flexibility index (Phi) is 2.45. The van der Waals surface area contributed by atoms with Crippen LogP contribution in [-0.2, 0) is 11.3 Å². The molecule has 10 heavy (non-hydrogen) atoms. The van der Waals surface area contributed by atoms with Gasteiger partial charge in [0, 0.05) is 12.4 Å². The fourth-order valence-corrected chi connectivity index (χ4v) is 0.623. The summed E-state index contributed by atoms with van der Waals surface area (Å²) < 4.78 is 5.29. The average Bonchev–Trinajstić information content (AvgIpc) is 2.34. The summed E-state index contributed by atoms with van der Waals surface area (Å²) in [5, 5.41) is 0. The fraction of sp³-hybridized carbons (Fsp3) is 0.571. The zero-order valence-corrected chi connectivity index (χ0v) is 6.29. The number of imidazole rings is 1. The minimum atomic E-state index is 0.269. The summed E-state index contributed by atoms with van der Waals surface area (Å²) in [4.78, 5) is 6.96. The molecule has 0 radical (unpaired) electrons. The summed E-state index contributed by atoms with van der Waals surface area (Å²) in [6.45, 7) is 4.58. The van der Waals surface area contributed by atoms with Gasteiger partial charge in [0.1, 0.15) is 12.4 Å². The third-order valence-corrected chi connectivity index (χ3v) is 1.11. The van der Waals surface area contributed by atoms with E-state index >= 15 is 0 Å². The first-order valence-electron chi connectivity index (χ1n) is 3.39. The number of rotatable bonds is 3. The van der Waals surface area contributed by atoms with Crippen LogP contribution in [0.1, 0.15) is 19.7 Å². The van der Waals surface area contributed by atoms with E-state index in [1.54, 1.807) is 12.4 Å². The SMILES string of the molecule is CC(C)OCc1ncc[nH]1. The molecule has 1 aromatic heterocycles. The molecule has 0 saturated heterocycles. The van der Waals surface area contributed by atoms with Gasteiger partial charge in [0.2, 0.25) is 0 Å². The maximum Gasteiger partial charge on any atom is 0.132 e. The first kappa shape index (κ1) is 7.28. The monoisotopic (exact) mass is 140 g/mol. The molecule has 0 unspecified atom stereocenters. The quantitative estimate of drug-likeness (QED) is 0.687. The Morgan fingerprint density at radius 2 is 2.50 bits per heavy atom. The predicted octanol–water partition coefficient (Wildman–Crippen LogP) is 1.33. The molecule has 56 valence electrons. The number of ether oxygens (including phenoxy) is 1. The van der Waals surface area contributed by atoms with Gasteiger partial charge in [-0.2, -0.15) is 0 Å². The number of nitrogens with one attached hydrogen (secondary N) is 1. The van der Waals surface area contributed by atoms with Crippen LogP contribution >= 0.6 is 0 Å². The average molecular weight is 140 g/mol. The van der Waals surface area contributed by atoms with E-state index in [1.165, 1.54) is 0 Å². The summed E-state index contributed by atoms with van der Waals surface area (Å²) in [7, 11) is 0. The Labute approximate surface area is 60.4 Å². The third-order valence-electron chi connectivity index (χ3n) is 1.11. The van der Waals surface area contributed by atoms with Gasteiger partial charge in [0.05, 0.1) is 6.10 Å². The molecule has 0 bridgehead atoms. The lowest BCUT2D eigenvalue weighted by Crippen LogP contribution is -2.03. The summed E-state index contributed by atoms with van der Waals surface area (Å²) in [5.74, 6) is 0.883. The van der Waals surface area contributed by atoms with Gasteiger partial charge in [-0.1, -0.05) is 0 Å². The van der Waals surface area contributed by atoms with Crippen LogP contribution in [0.5, 0.6) is 0 Å². The standard InChI is InChI=1S/C7H12N2O/c1-6(2)10-5-7-8-3-4-9-7/h3-4,6H,5H2,1-2H3,(H,8,9). The van der Waals surface area contributed by atoms with E-state index in [2.05, 4.69) is 9.97 Å². The van der Waals surface area contributed by atoms with Crippen molar-refractivity contribution in [3.63, 3.8) is 0 Å². The largest absolute Gasteiger partial charge is 0.371 e. The zero-order chi connectivity index (χ0) is 7.40. The predicted molar refractivity (Wildman–Crippen MR) is 38.5 cm³/mol. The van der Waals surface area contributed by atoms with Crippen LogP contribution in [-0.4, -0.2) is 16.1 Å². The summed E-state index contributed by atoms with van der Waals surface area (Å²) in [6.07, 6.45) is 3.78. The highest BCUT2D eigenvalue weighted by atomic mass is 16.5. The van der Waals surface area contributed by atoms with Crippen LogP contribution in [0.15, 0.2) is 12.4 Å². The van der Waals surface area contributed by atoms with Gasteiger partial charge in [-0.15, -0.1) is 0 Å². The Morgan fingerprint density at radius 3 is 3.00 bits per heavy atom. The summed E-state index contributed by atoms with van der Waals surface area (Å²) >= 11 is 0. The van der Waals surface area contributed by atoms with Gasteiger partial charge in [-0.25, -0.2) is 4.98 Å². The minimum absolute atomic E-state index is 0.269. The molecule has 0 aliphatic heterocycles. The molecule has 0 saturated carbocycles. The molecule has 0 fully saturated rings. The van der Waals surface area contributed by atoms with Crippen molar-refractivity contribution < 1.29 is 4.74 Å². The van der Waals surface area contributed by atoms with Crippen LogP contribution in [0.25, 0.3) is 0 Å². The second-order valence-electron chi connectivity index (χ2n) is 2.40. The number of aromatic amines is 1. The molecular formula is C7H12N2O. The molecule has 3 nitrogen and oxygen atoms in total. The van der Waals surface area contributed by atoms with Crippen LogP contribution < -0.4 is 0 Å². The van der Waals surface area contributed by atoms with Crippen LogP contribution in [0, 0.1) is 0 Å². The smallest absolute Gasteiger partial charge is 0.132 e. The molecule has 1 N–H and O–H groups in total. The second-order valence-corrected chi connectivity index (χ2v) is 2.40. The van der Waals surface area contributed by atoms with Crippen LogP contribution in [0.3, 0.4) is 0 Å². The number of H-pyrrole nitrogens is 1. The van der Waals surface area contributed by atoms with Crippen molar-refractivity contribution in [3.8, 4) is 0 Å². The Hall–Kier alpha value is -0.830. The van der Waals surface area contributed by atoms with Crippen molar-refractivity contribution >= 4 is 0 Å². The van der Waals surface area contributed by atoms with E-state index in [1.807, 2.05) is 13.8 Å². The first-order valence-corrected chi connectivity index (χ1v) is 3.39. The van der Waals surface area contributed by atoms with Crippen LogP contribution in [0.2, 0.25) is 0 Å². The number of nitrogens with zero attached hydrogens (tertiary/aromatic N) is 1. The zero-order valence-electron chi connectivity index (χ0n) is 6.29. The first-order chi connectivity index (χ1) is 4.79. The van der Waals surface area contributed by atoms with Crippen molar-refractivity contribution in [2.75, 3.05) is 0 Å². The molecule has 0 amide bonds. The highest BCUT2D eigenvalue weighted by Crippen LogP contribution is 1.95. The van der Waals surface area contributed by atoms with Crippen molar-refractivity contribution in [1.82, 2.24) is 9.97 Å². The molecule has 1 heterocycles. The van der Waals surface area contributed by atoms with Crippen molar-refractivity contribution in [1.29, 1.82) is 0 Å². The van der Waals surface area contributed by atoms with Crippen molar-refractivity contribution in [2.45, 2.75) is 26.6 Å². The van der Waals surface area contributed by atoms with E-state index in [0.717, 1.165) is 5.82 Å². The minimum Gasteiger partial charge on any atom is -0.371 e. The molecule has 0 aliphatic carbocycles. The Balaban J connectivity index is 2.28. The van der Waals surface area contributed by atoms with E-state index in [9.17, 15) is 0 Å². The molecule has 0 aliphatic rings. The number of aromatic nitrogens is 2. The van der Waals surface area contributed by atoms with Crippen LogP contribution in [0.4, 0.5) is 0 Å². The summed E-state index contributed by atoms with van der Waals surface area (Å²) in [5.41, 5.74) is 0. The van der Waals surface area contributed by atoms with Gasteiger partial charge in [0.15, 0.2) is 0 Å². The second kappa shape index (κ2) is 3.37. The van der Waals surface area contributed by atoms with Gasteiger partial charge >= 0.3 is 0 Å². The third kappa shape index (κ3) is 2.19. The molecule has 0 spiro atoms. The van der Waals surface area contributed by atoms with Crippen molar-refractivity contribution in [2.24, 2.45) is 0 Å². The van der Waals surface area contributed by atoms with Crippen molar-refractivity contribution in [3.05, 3.63) is 18.2 Å². The maximum absolute atomic E-state index is 5.29. The topological polar surface area (TPSA) is 37.9 Å². The normalized spacial score (nSPS) is 10.7. The van der Waals surface area contributed by atoms with E-state index in [0.29, 0.717) is 6.61 Å². The lowest BCUT2D eigenvalue weighted by atomic mass is 10.5. The van der Waals surface area contributed by atoms with E-state index < -0.39 is 0 Å². The molecule has 0 aromatic carbocycles. The molecule has 0 atom stereocenters. The van der Waals surface area contributed by atoms with Gasteiger partial charge < -0.3 is 9.72 Å². The fourth-order valence-electron chi connectivity index (χ4n) is 0.623. The highest BCUT2D eigenvalue weighted by molar-refractivity contribution is 4.83. The Morgan fingerprint density at radius 1 is 1.70 bits per heavy atom. The molecule has 1 rings (SSSR count). The van der Waals surface area contributed by atoms with E-state index in [4.69, 9.17) is 4.74 Å². The maximum atomic E-state index is 5.29. The number of hydrogen-bond donors (Lipinski definition) is 1. The van der Waals surface area contributed by atoms with Gasteiger partial charge in [-0.3, -0.25) is 0 Å². The van der Waals surface area contributed by atoms with E-state index in [-0.39, 0.29) is 6.10 Å². The lowest BCUT2D eigenvalue weighted by Gasteiger charge is -2.03. The van der Waals surface area contributed by atoms with Gasteiger partial charge in [0.25, 0.3) is 0 Å². The summed E-state index contributed by atoms with van der Waals surface area (Å²) in [6, 6.07) is 0. The van der Waals surface area contributed by atoms with Gasteiger partial charge in [-0.05, 0) is 13.8 Å². The molecule has 1 aromatic rings.